The van der Waals surface area contributed by atoms with Gasteiger partial charge in [0, 0.05) is 11.8 Å². The van der Waals surface area contributed by atoms with Gasteiger partial charge in [0.15, 0.2) is 0 Å². The van der Waals surface area contributed by atoms with Crippen molar-refractivity contribution in [2.24, 2.45) is 0 Å². The van der Waals surface area contributed by atoms with Crippen LogP contribution < -0.4 is 5.32 Å². The first-order valence-corrected chi connectivity index (χ1v) is 5.49. The molecule has 0 aliphatic heterocycles. The fourth-order valence-electron chi connectivity index (χ4n) is 1.02. The fourth-order valence-corrected chi connectivity index (χ4v) is 1.54. The Labute approximate surface area is 106 Å². The van der Waals surface area contributed by atoms with Gasteiger partial charge in [-0.15, -0.1) is 0 Å². The number of halogens is 1. The van der Waals surface area contributed by atoms with E-state index in [1.807, 2.05) is 0 Å². The molecular formula is C10H11BrN2O4. The van der Waals surface area contributed by atoms with Crippen LogP contribution in [0.1, 0.15) is 13.8 Å². The van der Waals surface area contributed by atoms with Crippen LogP contribution in [0.3, 0.4) is 0 Å². The second kappa shape index (κ2) is 4.80. The Hall–Kier alpha value is -1.47. The van der Waals surface area contributed by atoms with Gasteiger partial charge in [-0.2, -0.15) is 0 Å². The van der Waals surface area contributed by atoms with E-state index in [4.69, 9.17) is 0 Å². The smallest absolute Gasteiger partial charge is 0.283 e. The lowest BCUT2D eigenvalue weighted by atomic mass is 10.1. The first kappa shape index (κ1) is 13.6. The van der Waals surface area contributed by atoms with E-state index in [9.17, 15) is 20.0 Å². The van der Waals surface area contributed by atoms with Gasteiger partial charge in [-0.1, -0.05) is 0 Å². The van der Waals surface area contributed by atoms with E-state index in [-0.39, 0.29) is 10.2 Å². The summed E-state index contributed by atoms with van der Waals surface area (Å²) in [5.41, 5.74) is -1.23. The molecule has 1 rings (SSSR count). The molecule has 0 aliphatic carbocycles. The average molecular weight is 303 g/mol. The molecule has 1 amide bonds. The van der Waals surface area contributed by atoms with Crippen LogP contribution in [0.2, 0.25) is 0 Å². The summed E-state index contributed by atoms with van der Waals surface area (Å²) >= 11 is 3.03. The Balaban J connectivity index is 2.92. The number of nitrogens with zero attached hydrogens (tertiary/aromatic N) is 1. The Kier molecular flexibility index (Phi) is 3.84. The van der Waals surface area contributed by atoms with Crippen LogP contribution in [0, 0.1) is 10.1 Å². The number of benzene rings is 1. The number of carbonyl (C=O) groups excluding carboxylic acids is 1. The lowest BCUT2D eigenvalue weighted by Crippen LogP contribution is -2.36. The molecule has 1 aromatic rings. The van der Waals surface area contributed by atoms with Crippen molar-refractivity contribution in [1.29, 1.82) is 0 Å². The molecule has 0 fully saturated rings. The van der Waals surface area contributed by atoms with Gasteiger partial charge in [0.25, 0.3) is 11.6 Å². The molecule has 2 N–H and O–H groups in total. The van der Waals surface area contributed by atoms with Crippen LogP contribution in [0.15, 0.2) is 22.7 Å². The maximum absolute atomic E-state index is 11.5. The van der Waals surface area contributed by atoms with Crippen molar-refractivity contribution < 1.29 is 14.8 Å². The number of rotatable bonds is 3. The van der Waals surface area contributed by atoms with Crippen molar-refractivity contribution >= 4 is 33.2 Å². The number of amides is 1. The van der Waals surface area contributed by atoms with Gasteiger partial charge in [0.05, 0.1) is 9.40 Å². The molecular weight excluding hydrogens is 292 g/mol. The van der Waals surface area contributed by atoms with Gasteiger partial charge < -0.3 is 10.4 Å². The topological polar surface area (TPSA) is 92.5 Å². The molecule has 0 aliphatic rings. The normalized spacial score (nSPS) is 11.1. The minimum absolute atomic E-state index is 0.0914. The molecule has 0 unspecified atom stereocenters. The summed E-state index contributed by atoms with van der Waals surface area (Å²) in [7, 11) is 0. The molecule has 0 saturated heterocycles. The summed E-state index contributed by atoms with van der Waals surface area (Å²) in [5, 5.41) is 22.4. The first-order chi connectivity index (χ1) is 7.71. The van der Waals surface area contributed by atoms with Crippen molar-refractivity contribution in [3.05, 3.63) is 32.8 Å². The zero-order chi connectivity index (χ0) is 13.2. The van der Waals surface area contributed by atoms with Gasteiger partial charge >= 0.3 is 0 Å². The van der Waals surface area contributed by atoms with Crippen molar-refractivity contribution in [3.63, 3.8) is 0 Å². The van der Waals surface area contributed by atoms with Crippen LogP contribution in [0.5, 0.6) is 0 Å². The molecule has 7 heteroatoms. The second-order valence-corrected chi connectivity index (χ2v) is 4.79. The van der Waals surface area contributed by atoms with Gasteiger partial charge in [0.2, 0.25) is 0 Å². The molecule has 92 valence electrons. The van der Waals surface area contributed by atoms with Gasteiger partial charge in [-0.25, -0.2) is 0 Å². The summed E-state index contributed by atoms with van der Waals surface area (Å²) in [5.74, 6) is -0.585. The Morgan fingerprint density at radius 3 is 2.53 bits per heavy atom. The molecule has 0 bridgehead atoms. The number of nitro groups is 1. The molecule has 0 saturated carbocycles. The number of carbonyl (C=O) groups is 1. The van der Waals surface area contributed by atoms with E-state index < -0.39 is 16.4 Å². The van der Waals surface area contributed by atoms with Crippen LogP contribution in [0.4, 0.5) is 11.4 Å². The summed E-state index contributed by atoms with van der Waals surface area (Å²) in [6.45, 7) is 2.70. The molecule has 0 spiro atoms. The Morgan fingerprint density at radius 2 is 2.12 bits per heavy atom. The maximum Gasteiger partial charge on any atom is 0.283 e. The number of hydrogen-bond acceptors (Lipinski definition) is 4. The van der Waals surface area contributed by atoms with Gasteiger partial charge in [-0.3, -0.25) is 14.9 Å². The summed E-state index contributed by atoms with van der Waals surface area (Å²) in [4.78, 5) is 21.5. The first-order valence-electron chi connectivity index (χ1n) is 4.69. The zero-order valence-electron chi connectivity index (χ0n) is 9.23. The number of nitrogens with one attached hydrogen (secondary N) is 1. The maximum atomic E-state index is 11.5. The molecule has 17 heavy (non-hydrogen) atoms. The van der Waals surface area contributed by atoms with Crippen LogP contribution in [-0.4, -0.2) is 21.5 Å². The third kappa shape index (κ3) is 3.50. The minimum atomic E-state index is -1.51. The van der Waals surface area contributed by atoms with Crippen molar-refractivity contribution in [2.45, 2.75) is 19.4 Å². The average Bonchev–Trinajstić information content (AvgIpc) is 2.15. The number of anilines is 1. The molecule has 1 aromatic carbocycles. The molecule has 0 heterocycles. The molecule has 0 atom stereocenters. The Morgan fingerprint density at radius 1 is 1.53 bits per heavy atom. The highest BCUT2D eigenvalue weighted by Crippen LogP contribution is 2.27. The summed E-state index contributed by atoms with van der Waals surface area (Å²) in [6.07, 6.45) is 0. The highest BCUT2D eigenvalue weighted by atomic mass is 79.9. The lowest BCUT2D eigenvalue weighted by Gasteiger charge is -2.16. The quantitative estimate of drug-likeness (QED) is 0.660. The Bertz CT molecular complexity index is 468. The van der Waals surface area contributed by atoms with Gasteiger partial charge in [-0.05, 0) is 41.9 Å². The standard InChI is InChI=1S/C10H11BrN2O4/c1-10(2,15)9(14)12-6-3-4-8(13(16)17)7(11)5-6/h3-5,15H,1-2H3,(H,12,14). The number of aliphatic hydroxyl groups is 1. The third-order valence-electron chi connectivity index (χ3n) is 1.96. The molecule has 6 nitrogen and oxygen atoms in total. The van der Waals surface area contributed by atoms with Crippen LogP contribution in [0.25, 0.3) is 0 Å². The van der Waals surface area contributed by atoms with E-state index in [1.165, 1.54) is 32.0 Å². The minimum Gasteiger partial charge on any atom is -0.381 e. The SMILES string of the molecule is CC(C)(O)C(=O)Nc1ccc([N+](=O)[O-])c(Br)c1. The van der Waals surface area contributed by atoms with E-state index in [1.54, 1.807) is 0 Å². The number of nitro benzene ring substituents is 1. The third-order valence-corrected chi connectivity index (χ3v) is 2.59. The van der Waals surface area contributed by atoms with E-state index in [0.717, 1.165) is 0 Å². The lowest BCUT2D eigenvalue weighted by molar-refractivity contribution is -0.385. The van der Waals surface area contributed by atoms with Crippen molar-refractivity contribution in [3.8, 4) is 0 Å². The predicted octanol–water partition coefficient (Wildman–Crippen LogP) is 2.07. The zero-order valence-corrected chi connectivity index (χ0v) is 10.8. The molecule has 0 aromatic heterocycles. The van der Waals surface area contributed by atoms with E-state index >= 15 is 0 Å². The largest absolute Gasteiger partial charge is 0.381 e. The van der Waals surface area contributed by atoms with E-state index in [0.29, 0.717) is 5.69 Å². The summed E-state index contributed by atoms with van der Waals surface area (Å²) < 4.78 is 0.260. The van der Waals surface area contributed by atoms with Crippen LogP contribution >= 0.6 is 15.9 Å². The van der Waals surface area contributed by atoms with E-state index in [2.05, 4.69) is 21.2 Å². The van der Waals surface area contributed by atoms with Crippen molar-refractivity contribution in [2.75, 3.05) is 5.32 Å². The monoisotopic (exact) mass is 302 g/mol. The summed E-state index contributed by atoms with van der Waals surface area (Å²) in [6, 6.07) is 4.07. The molecule has 0 radical (unpaired) electrons. The number of hydrogen-bond donors (Lipinski definition) is 2. The van der Waals surface area contributed by atoms with Gasteiger partial charge in [0.1, 0.15) is 5.60 Å². The highest BCUT2D eigenvalue weighted by molar-refractivity contribution is 9.10. The highest BCUT2D eigenvalue weighted by Gasteiger charge is 2.24. The predicted molar refractivity (Wildman–Crippen MR) is 65.7 cm³/mol. The second-order valence-electron chi connectivity index (χ2n) is 3.94. The van der Waals surface area contributed by atoms with Crippen molar-refractivity contribution in [1.82, 2.24) is 0 Å². The fraction of sp³-hybridized carbons (Fsp3) is 0.300. The van der Waals surface area contributed by atoms with Crippen LogP contribution in [-0.2, 0) is 4.79 Å².